The van der Waals surface area contributed by atoms with Crippen LogP contribution in [-0.4, -0.2) is 37.4 Å². The van der Waals surface area contributed by atoms with Crippen LogP contribution in [0.2, 0.25) is 0 Å². The molecule has 1 aliphatic rings. The van der Waals surface area contributed by atoms with Gasteiger partial charge < -0.3 is 14.4 Å². The second-order valence-corrected chi connectivity index (χ2v) is 4.19. The van der Waals surface area contributed by atoms with Gasteiger partial charge in [-0.1, -0.05) is 0 Å². The number of hydrogen-bond acceptors (Lipinski definition) is 4. The van der Waals surface area contributed by atoms with E-state index in [2.05, 4.69) is 0 Å². The van der Waals surface area contributed by atoms with Gasteiger partial charge >= 0.3 is 0 Å². The summed E-state index contributed by atoms with van der Waals surface area (Å²) in [6.45, 7) is 0.594. The molecule has 5 heteroatoms. The van der Waals surface area contributed by atoms with Crippen LogP contribution in [0.1, 0.15) is 12.0 Å². The first-order valence-electron chi connectivity index (χ1n) is 5.64. The van der Waals surface area contributed by atoms with E-state index in [4.69, 9.17) is 9.47 Å². The highest BCUT2D eigenvalue weighted by atomic mass is 16.5. The summed E-state index contributed by atoms with van der Waals surface area (Å²) in [5.74, 6) is 1.18. The van der Waals surface area contributed by atoms with Crippen molar-refractivity contribution in [2.75, 3.05) is 20.8 Å². The Hall–Kier alpha value is -2.04. The highest BCUT2D eigenvalue weighted by Crippen LogP contribution is 2.24. The summed E-state index contributed by atoms with van der Waals surface area (Å²) in [4.78, 5) is 24.3. The van der Waals surface area contributed by atoms with Gasteiger partial charge in [0.1, 0.15) is 11.5 Å². The molecular weight excluding hydrogens is 234 g/mol. The van der Waals surface area contributed by atoms with Crippen LogP contribution >= 0.6 is 0 Å². The molecule has 0 unspecified atom stereocenters. The minimum atomic E-state index is -0.123. The molecule has 1 fully saturated rings. The molecule has 0 bridgehead atoms. The molecule has 1 aromatic carbocycles. The molecule has 0 spiro atoms. The zero-order valence-corrected chi connectivity index (χ0v) is 10.4. The Morgan fingerprint density at radius 3 is 2.17 bits per heavy atom. The molecule has 0 N–H and O–H groups in total. The van der Waals surface area contributed by atoms with E-state index < -0.39 is 0 Å². The lowest BCUT2D eigenvalue weighted by Gasteiger charge is -2.16. The van der Waals surface area contributed by atoms with Crippen LogP contribution < -0.4 is 9.47 Å². The van der Waals surface area contributed by atoms with Gasteiger partial charge in [0.15, 0.2) is 5.78 Å². The molecule has 0 atom stereocenters. The fourth-order valence-corrected chi connectivity index (χ4v) is 1.96. The first-order chi connectivity index (χ1) is 8.62. The number of methoxy groups -OCH3 is 2. The molecule has 0 aliphatic carbocycles. The van der Waals surface area contributed by atoms with E-state index in [1.807, 2.05) is 12.1 Å². The fraction of sp³-hybridized carbons (Fsp3) is 0.385. The van der Waals surface area contributed by atoms with Crippen LogP contribution in [0, 0.1) is 0 Å². The Balaban J connectivity index is 2.18. The number of carbonyl (C=O) groups excluding carboxylic acids is 2. The lowest BCUT2D eigenvalue weighted by molar-refractivity contribution is -0.128. The van der Waals surface area contributed by atoms with Crippen molar-refractivity contribution in [3.05, 3.63) is 23.8 Å². The van der Waals surface area contributed by atoms with Crippen LogP contribution in [0.15, 0.2) is 18.2 Å². The molecule has 1 saturated heterocycles. The third-order valence-corrected chi connectivity index (χ3v) is 2.85. The topological polar surface area (TPSA) is 55.8 Å². The van der Waals surface area contributed by atoms with Gasteiger partial charge in [0.2, 0.25) is 5.91 Å². The zero-order valence-electron chi connectivity index (χ0n) is 10.4. The number of Topliss-reactive ketones (excluding diaryl/α,β-unsaturated/α-hetero) is 1. The van der Waals surface area contributed by atoms with Crippen molar-refractivity contribution in [1.82, 2.24) is 4.90 Å². The molecule has 0 aromatic heterocycles. The van der Waals surface area contributed by atoms with E-state index in [1.165, 1.54) is 4.90 Å². The smallest absolute Gasteiger partial charge is 0.230 e. The molecule has 0 radical (unpaired) electrons. The zero-order chi connectivity index (χ0) is 13.1. The summed E-state index contributed by atoms with van der Waals surface area (Å²) in [6.07, 6.45) is 0.0150. The molecule has 1 aromatic rings. The largest absolute Gasteiger partial charge is 0.497 e. The maximum absolute atomic E-state index is 11.5. The number of hydrogen-bond donors (Lipinski definition) is 0. The van der Waals surface area contributed by atoms with Crippen LogP contribution in [0.4, 0.5) is 0 Å². The number of likely N-dealkylation sites (tertiary alicyclic amines) is 1. The van der Waals surface area contributed by atoms with E-state index in [0.29, 0.717) is 18.0 Å². The Bertz CT molecular complexity index is 462. The normalized spacial score (nSPS) is 15.1. The molecule has 1 aliphatic heterocycles. The Kier molecular flexibility index (Phi) is 3.50. The van der Waals surface area contributed by atoms with Crippen molar-refractivity contribution in [1.29, 1.82) is 0 Å². The van der Waals surface area contributed by atoms with Gasteiger partial charge in [0, 0.05) is 12.6 Å². The number of amides is 1. The van der Waals surface area contributed by atoms with Gasteiger partial charge in [0.25, 0.3) is 0 Å². The summed E-state index contributed by atoms with van der Waals surface area (Å²) >= 11 is 0. The number of benzene rings is 1. The number of ether oxygens (including phenoxy) is 2. The summed E-state index contributed by atoms with van der Waals surface area (Å²) in [6, 6.07) is 5.43. The second kappa shape index (κ2) is 5.08. The first-order valence-corrected chi connectivity index (χ1v) is 5.64. The Morgan fingerprint density at radius 2 is 1.72 bits per heavy atom. The average molecular weight is 249 g/mol. The maximum Gasteiger partial charge on any atom is 0.230 e. The van der Waals surface area contributed by atoms with Gasteiger partial charge in [-0.25, -0.2) is 0 Å². The Morgan fingerprint density at radius 1 is 1.11 bits per heavy atom. The first kappa shape index (κ1) is 12.4. The third-order valence-electron chi connectivity index (χ3n) is 2.85. The van der Waals surface area contributed by atoms with Crippen LogP contribution in [-0.2, 0) is 16.1 Å². The number of carbonyl (C=O) groups is 2. The number of rotatable bonds is 4. The molecular formula is C13H15NO4. The van der Waals surface area contributed by atoms with Crippen molar-refractivity contribution >= 4 is 11.7 Å². The van der Waals surface area contributed by atoms with Gasteiger partial charge in [-0.3, -0.25) is 9.59 Å². The predicted molar refractivity (Wildman–Crippen MR) is 64.6 cm³/mol. The third kappa shape index (κ3) is 2.61. The summed E-state index contributed by atoms with van der Waals surface area (Å²) < 4.78 is 10.3. The quantitative estimate of drug-likeness (QED) is 0.747. The minimum Gasteiger partial charge on any atom is -0.497 e. The lowest BCUT2D eigenvalue weighted by Crippen LogP contribution is -2.24. The fourth-order valence-electron chi connectivity index (χ4n) is 1.96. The molecule has 1 amide bonds. The van der Waals surface area contributed by atoms with Gasteiger partial charge in [-0.15, -0.1) is 0 Å². The summed E-state index contributed by atoms with van der Waals surface area (Å²) in [7, 11) is 3.15. The number of nitrogens with zero attached hydrogens (tertiary/aromatic N) is 1. The lowest BCUT2D eigenvalue weighted by atomic mass is 10.2. The molecule has 5 nitrogen and oxygen atoms in total. The monoisotopic (exact) mass is 249 g/mol. The van der Waals surface area contributed by atoms with Crippen LogP contribution in [0.25, 0.3) is 0 Å². The van der Waals surface area contributed by atoms with E-state index in [0.717, 1.165) is 5.56 Å². The average Bonchev–Trinajstić information content (AvgIpc) is 2.67. The molecule has 0 saturated carbocycles. The van der Waals surface area contributed by atoms with Gasteiger partial charge in [-0.05, 0) is 17.7 Å². The second-order valence-electron chi connectivity index (χ2n) is 4.19. The van der Waals surface area contributed by atoms with E-state index in [1.54, 1.807) is 20.3 Å². The number of ketones is 1. The SMILES string of the molecule is COc1cc(CN2CC(=O)CC2=O)cc(OC)c1. The highest BCUT2D eigenvalue weighted by molar-refractivity contribution is 6.05. The van der Waals surface area contributed by atoms with E-state index >= 15 is 0 Å². The van der Waals surface area contributed by atoms with Crippen molar-refractivity contribution in [2.24, 2.45) is 0 Å². The summed E-state index contributed by atoms with van der Waals surface area (Å²) in [5, 5.41) is 0. The van der Waals surface area contributed by atoms with E-state index in [-0.39, 0.29) is 24.7 Å². The molecule has 1 heterocycles. The van der Waals surface area contributed by atoms with Crippen molar-refractivity contribution in [3.8, 4) is 11.5 Å². The highest BCUT2D eigenvalue weighted by Gasteiger charge is 2.27. The molecule has 2 rings (SSSR count). The molecule has 18 heavy (non-hydrogen) atoms. The van der Waals surface area contributed by atoms with E-state index in [9.17, 15) is 9.59 Å². The standard InChI is InChI=1S/C13H15NO4/c1-17-11-3-9(4-12(6-11)18-2)7-14-8-10(15)5-13(14)16/h3-4,6H,5,7-8H2,1-2H3. The van der Waals surface area contributed by atoms with Gasteiger partial charge in [-0.2, -0.15) is 0 Å². The van der Waals surface area contributed by atoms with Crippen LogP contribution in [0.3, 0.4) is 0 Å². The minimum absolute atomic E-state index is 0.0150. The van der Waals surface area contributed by atoms with Crippen molar-refractivity contribution < 1.29 is 19.1 Å². The Labute approximate surface area is 105 Å². The predicted octanol–water partition coefficient (Wildman–Crippen LogP) is 1.01. The molecule has 96 valence electrons. The van der Waals surface area contributed by atoms with Crippen molar-refractivity contribution in [2.45, 2.75) is 13.0 Å². The van der Waals surface area contributed by atoms with Crippen LogP contribution in [0.5, 0.6) is 11.5 Å². The summed E-state index contributed by atoms with van der Waals surface area (Å²) in [5.41, 5.74) is 0.884. The van der Waals surface area contributed by atoms with Gasteiger partial charge in [0.05, 0.1) is 27.2 Å². The van der Waals surface area contributed by atoms with Crippen molar-refractivity contribution in [3.63, 3.8) is 0 Å². The maximum atomic E-state index is 11.5.